The topological polar surface area (TPSA) is 73.1 Å². The molecule has 3 N–H and O–H groups in total. The molecule has 1 aliphatic rings. The summed E-state index contributed by atoms with van der Waals surface area (Å²) in [6, 6.07) is 9.86. The number of hydrazine groups is 1. The molecule has 0 atom stereocenters. The largest absolute Gasteiger partial charge is 0.496 e. The fourth-order valence-corrected chi connectivity index (χ4v) is 2.28. The standard InChI is InChI=1S/C15H18N4O/c1-20-13-5-3-2-4-11(13)8-14-17-12(10-6-7-10)9-15(18-14)19-16/h2-5,9-10H,6-8,16H2,1H3,(H,17,18,19). The molecule has 0 radical (unpaired) electrons. The Morgan fingerprint density at radius 3 is 2.80 bits per heavy atom. The number of nitrogens with zero attached hydrogens (tertiary/aromatic N) is 2. The number of methoxy groups -OCH3 is 1. The molecule has 3 rings (SSSR count). The van der Waals surface area contributed by atoms with Crippen LogP contribution in [0.1, 0.15) is 35.8 Å². The first-order valence-electron chi connectivity index (χ1n) is 6.76. The summed E-state index contributed by atoms with van der Waals surface area (Å²) in [7, 11) is 1.67. The summed E-state index contributed by atoms with van der Waals surface area (Å²) in [6.07, 6.45) is 3.05. The molecule has 5 nitrogen and oxygen atoms in total. The summed E-state index contributed by atoms with van der Waals surface area (Å²) in [5.41, 5.74) is 4.78. The lowest BCUT2D eigenvalue weighted by Crippen LogP contribution is -2.12. The Labute approximate surface area is 118 Å². The van der Waals surface area contributed by atoms with E-state index in [0.717, 1.165) is 22.8 Å². The van der Waals surface area contributed by atoms with Gasteiger partial charge in [-0.25, -0.2) is 15.8 Å². The first-order valence-corrected chi connectivity index (χ1v) is 6.76. The summed E-state index contributed by atoms with van der Waals surface area (Å²) in [6.45, 7) is 0. The maximum absolute atomic E-state index is 5.49. The van der Waals surface area contributed by atoms with Crippen molar-refractivity contribution in [1.29, 1.82) is 0 Å². The average molecular weight is 270 g/mol. The molecular weight excluding hydrogens is 252 g/mol. The second-order valence-corrected chi connectivity index (χ2v) is 5.00. The second-order valence-electron chi connectivity index (χ2n) is 5.00. The van der Waals surface area contributed by atoms with E-state index >= 15 is 0 Å². The van der Waals surface area contributed by atoms with E-state index < -0.39 is 0 Å². The molecule has 20 heavy (non-hydrogen) atoms. The zero-order valence-corrected chi connectivity index (χ0v) is 11.5. The fourth-order valence-electron chi connectivity index (χ4n) is 2.28. The molecule has 0 spiro atoms. The number of rotatable bonds is 5. The van der Waals surface area contributed by atoms with Crippen LogP contribution in [0.15, 0.2) is 30.3 Å². The van der Waals surface area contributed by atoms with E-state index in [1.54, 1.807) is 7.11 Å². The maximum atomic E-state index is 5.49. The highest BCUT2D eigenvalue weighted by molar-refractivity contribution is 5.39. The highest BCUT2D eigenvalue weighted by Crippen LogP contribution is 2.39. The van der Waals surface area contributed by atoms with Crippen LogP contribution in [-0.2, 0) is 6.42 Å². The molecule has 5 heteroatoms. The van der Waals surface area contributed by atoms with Crippen molar-refractivity contribution in [3.63, 3.8) is 0 Å². The minimum atomic E-state index is 0.571. The predicted molar refractivity (Wildman–Crippen MR) is 77.6 cm³/mol. The quantitative estimate of drug-likeness (QED) is 0.644. The van der Waals surface area contributed by atoms with Gasteiger partial charge in [0.1, 0.15) is 17.4 Å². The SMILES string of the molecule is COc1ccccc1Cc1nc(NN)cc(C2CC2)n1. The summed E-state index contributed by atoms with van der Waals surface area (Å²) in [4.78, 5) is 9.08. The zero-order valence-electron chi connectivity index (χ0n) is 11.5. The number of hydrogen-bond acceptors (Lipinski definition) is 5. The molecule has 0 bridgehead atoms. The van der Waals surface area contributed by atoms with E-state index in [1.165, 1.54) is 12.8 Å². The molecule has 0 unspecified atom stereocenters. The van der Waals surface area contributed by atoms with E-state index in [9.17, 15) is 0 Å². The van der Waals surface area contributed by atoms with E-state index in [0.29, 0.717) is 18.2 Å². The third kappa shape index (κ3) is 2.72. The van der Waals surface area contributed by atoms with Gasteiger partial charge in [-0.3, -0.25) is 0 Å². The monoisotopic (exact) mass is 270 g/mol. The highest BCUT2D eigenvalue weighted by atomic mass is 16.5. The van der Waals surface area contributed by atoms with Crippen molar-refractivity contribution in [2.75, 3.05) is 12.5 Å². The molecule has 1 fully saturated rings. The Balaban J connectivity index is 1.91. The van der Waals surface area contributed by atoms with Crippen LogP contribution in [0.25, 0.3) is 0 Å². The molecule has 1 aliphatic carbocycles. The number of aromatic nitrogens is 2. The van der Waals surface area contributed by atoms with Gasteiger partial charge in [0.25, 0.3) is 0 Å². The van der Waals surface area contributed by atoms with E-state index in [1.807, 2.05) is 30.3 Å². The normalized spacial score (nSPS) is 14.1. The molecule has 2 aromatic rings. The number of nitrogens with one attached hydrogen (secondary N) is 1. The summed E-state index contributed by atoms with van der Waals surface area (Å²) in [5.74, 6) is 8.36. The smallest absolute Gasteiger partial charge is 0.143 e. The van der Waals surface area contributed by atoms with Gasteiger partial charge in [-0.2, -0.15) is 0 Å². The van der Waals surface area contributed by atoms with Crippen LogP contribution >= 0.6 is 0 Å². The summed E-state index contributed by atoms with van der Waals surface area (Å²) < 4.78 is 5.37. The highest BCUT2D eigenvalue weighted by Gasteiger charge is 2.26. The van der Waals surface area contributed by atoms with Crippen LogP contribution in [0.2, 0.25) is 0 Å². The van der Waals surface area contributed by atoms with Crippen molar-refractivity contribution < 1.29 is 4.74 Å². The Hall–Kier alpha value is -2.14. The number of nitrogen functional groups attached to an aromatic ring is 1. The third-order valence-electron chi connectivity index (χ3n) is 3.48. The molecule has 104 valence electrons. The molecule has 0 aliphatic heterocycles. The number of nitrogens with two attached hydrogens (primary N) is 1. The lowest BCUT2D eigenvalue weighted by atomic mass is 10.1. The van der Waals surface area contributed by atoms with Gasteiger partial charge >= 0.3 is 0 Å². The lowest BCUT2D eigenvalue weighted by molar-refractivity contribution is 0.410. The lowest BCUT2D eigenvalue weighted by Gasteiger charge is -2.10. The van der Waals surface area contributed by atoms with E-state index in [-0.39, 0.29) is 0 Å². The van der Waals surface area contributed by atoms with E-state index in [4.69, 9.17) is 10.6 Å². The van der Waals surface area contributed by atoms with Crippen LogP contribution in [0, 0.1) is 0 Å². The number of benzene rings is 1. The van der Waals surface area contributed by atoms with Crippen molar-refractivity contribution in [3.05, 3.63) is 47.4 Å². The second kappa shape index (κ2) is 5.46. The van der Waals surface area contributed by atoms with Crippen LogP contribution in [0.4, 0.5) is 5.82 Å². The van der Waals surface area contributed by atoms with Gasteiger partial charge in [0.05, 0.1) is 7.11 Å². The minimum absolute atomic E-state index is 0.571. The maximum Gasteiger partial charge on any atom is 0.143 e. The number of ether oxygens (including phenoxy) is 1. The van der Waals surface area contributed by atoms with Gasteiger partial charge in [-0.15, -0.1) is 0 Å². The Morgan fingerprint density at radius 2 is 2.10 bits per heavy atom. The van der Waals surface area contributed by atoms with Crippen LogP contribution in [0.5, 0.6) is 5.75 Å². The van der Waals surface area contributed by atoms with Gasteiger partial charge in [-0.05, 0) is 18.9 Å². The zero-order chi connectivity index (χ0) is 13.9. The first kappa shape index (κ1) is 12.9. The van der Waals surface area contributed by atoms with Gasteiger partial charge < -0.3 is 10.2 Å². The fraction of sp³-hybridized carbons (Fsp3) is 0.333. The van der Waals surface area contributed by atoms with Crippen LogP contribution < -0.4 is 16.0 Å². The van der Waals surface area contributed by atoms with Gasteiger partial charge in [0.2, 0.25) is 0 Å². The third-order valence-corrected chi connectivity index (χ3v) is 3.48. The Bertz CT molecular complexity index is 611. The number of hydrogen-bond donors (Lipinski definition) is 2. The number of para-hydroxylation sites is 1. The molecule has 1 aromatic heterocycles. The minimum Gasteiger partial charge on any atom is -0.496 e. The van der Waals surface area contributed by atoms with Gasteiger partial charge in [0, 0.05) is 29.7 Å². The van der Waals surface area contributed by atoms with Crippen molar-refractivity contribution in [1.82, 2.24) is 9.97 Å². The molecule has 1 heterocycles. The molecule has 1 aromatic carbocycles. The Kier molecular flexibility index (Phi) is 3.52. The van der Waals surface area contributed by atoms with E-state index in [2.05, 4.69) is 15.4 Å². The first-order chi connectivity index (χ1) is 9.80. The van der Waals surface area contributed by atoms with Gasteiger partial charge in [0.15, 0.2) is 0 Å². The molecular formula is C15H18N4O. The van der Waals surface area contributed by atoms with Crippen molar-refractivity contribution in [3.8, 4) is 5.75 Å². The Morgan fingerprint density at radius 1 is 1.30 bits per heavy atom. The molecule has 0 saturated heterocycles. The van der Waals surface area contributed by atoms with Crippen molar-refractivity contribution in [2.24, 2.45) is 5.84 Å². The average Bonchev–Trinajstić information content (AvgIpc) is 3.32. The molecule has 1 saturated carbocycles. The van der Waals surface area contributed by atoms with Crippen LogP contribution in [0.3, 0.4) is 0 Å². The molecule has 0 amide bonds. The van der Waals surface area contributed by atoms with Gasteiger partial charge in [-0.1, -0.05) is 18.2 Å². The summed E-state index contributed by atoms with van der Waals surface area (Å²) >= 11 is 0. The van der Waals surface area contributed by atoms with Crippen LogP contribution in [-0.4, -0.2) is 17.1 Å². The predicted octanol–water partition coefficient (Wildman–Crippen LogP) is 2.24. The van der Waals surface area contributed by atoms with Crippen molar-refractivity contribution in [2.45, 2.75) is 25.2 Å². The van der Waals surface area contributed by atoms with Crippen molar-refractivity contribution >= 4 is 5.82 Å². The summed E-state index contributed by atoms with van der Waals surface area (Å²) in [5, 5.41) is 0. The number of anilines is 1.